The number of hydrogen-bond acceptors (Lipinski definition) is 3. The maximum absolute atomic E-state index is 11.8. The highest BCUT2D eigenvalue weighted by Gasteiger charge is 2.17. The van der Waals surface area contributed by atoms with Gasteiger partial charge >= 0.3 is 0 Å². The van der Waals surface area contributed by atoms with Gasteiger partial charge in [-0.25, -0.2) is 0 Å². The molecule has 0 bridgehead atoms. The number of rotatable bonds is 5. The Morgan fingerprint density at radius 2 is 2.18 bits per heavy atom. The van der Waals surface area contributed by atoms with E-state index in [4.69, 9.17) is 4.74 Å². The van der Waals surface area contributed by atoms with Crippen molar-refractivity contribution in [2.45, 2.75) is 26.0 Å². The Kier molecular flexibility index (Phi) is 5.35. The summed E-state index contributed by atoms with van der Waals surface area (Å²) in [6.45, 7) is 6.47. The number of thiol groups is 1. The average molecular weight is 253 g/mol. The summed E-state index contributed by atoms with van der Waals surface area (Å²) in [5, 5.41) is 2.53. The zero-order valence-corrected chi connectivity index (χ0v) is 11.3. The number of carbonyl (C=O) groups is 1. The predicted octanol–water partition coefficient (Wildman–Crippen LogP) is 2.98. The van der Waals surface area contributed by atoms with Gasteiger partial charge < -0.3 is 10.1 Å². The van der Waals surface area contributed by atoms with Crippen molar-refractivity contribution < 1.29 is 9.53 Å². The normalized spacial score (nSPS) is 12.3. The third-order valence-electron chi connectivity index (χ3n) is 2.31. The van der Waals surface area contributed by atoms with Crippen molar-refractivity contribution in [2.75, 3.05) is 11.9 Å². The van der Waals surface area contributed by atoms with Gasteiger partial charge in [0.05, 0.1) is 11.9 Å². The second-order valence-electron chi connectivity index (χ2n) is 4.14. The van der Waals surface area contributed by atoms with Crippen LogP contribution in [0.1, 0.15) is 20.8 Å². The van der Waals surface area contributed by atoms with Gasteiger partial charge in [-0.1, -0.05) is 19.9 Å². The molecule has 1 amide bonds. The van der Waals surface area contributed by atoms with Gasteiger partial charge in [-0.3, -0.25) is 4.79 Å². The maximum atomic E-state index is 11.8. The molecule has 0 saturated heterocycles. The van der Waals surface area contributed by atoms with E-state index in [9.17, 15) is 4.79 Å². The summed E-state index contributed by atoms with van der Waals surface area (Å²) in [7, 11) is 0. The Morgan fingerprint density at radius 1 is 1.47 bits per heavy atom. The van der Waals surface area contributed by atoms with E-state index in [0.29, 0.717) is 6.61 Å². The summed E-state index contributed by atoms with van der Waals surface area (Å²) >= 11 is 4.27. The molecule has 1 aromatic rings. The fourth-order valence-corrected chi connectivity index (χ4v) is 1.41. The predicted molar refractivity (Wildman–Crippen MR) is 73.9 cm³/mol. The fraction of sp³-hybridized carbons (Fsp3) is 0.462. The lowest BCUT2D eigenvalue weighted by molar-refractivity contribution is -0.116. The molecular weight excluding hydrogens is 234 g/mol. The van der Waals surface area contributed by atoms with E-state index in [1.807, 2.05) is 45.0 Å². The number of benzene rings is 1. The number of anilines is 1. The molecule has 0 aliphatic rings. The molecule has 0 saturated carbocycles. The van der Waals surface area contributed by atoms with Crippen molar-refractivity contribution in [1.29, 1.82) is 0 Å². The van der Waals surface area contributed by atoms with Gasteiger partial charge in [0.25, 0.3) is 0 Å². The molecule has 4 heteroatoms. The van der Waals surface area contributed by atoms with Crippen LogP contribution >= 0.6 is 12.6 Å². The van der Waals surface area contributed by atoms with Gasteiger partial charge in [-0.05, 0) is 25.0 Å². The molecule has 1 unspecified atom stereocenters. The van der Waals surface area contributed by atoms with E-state index in [-0.39, 0.29) is 17.1 Å². The molecule has 1 aromatic carbocycles. The minimum atomic E-state index is -0.300. The van der Waals surface area contributed by atoms with Crippen molar-refractivity contribution in [2.24, 2.45) is 5.92 Å². The van der Waals surface area contributed by atoms with Crippen LogP contribution in [0.25, 0.3) is 0 Å². The third-order valence-corrected chi connectivity index (χ3v) is 3.14. The van der Waals surface area contributed by atoms with E-state index in [1.54, 1.807) is 0 Å². The van der Waals surface area contributed by atoms with Crippen LogP contribution in [0.3, 0.4) is 0 Å². The highest BCUT2D eigenvalue weighted by Crippen LogP contribution is 2.19. The summed E-state index contributed by atoms with van der Waals surface area (Å²) in [5.74, 6) is 0.871. The molecule has 0 aromatic heterocycles. The monoisotopic (exact) mass is 253 g/mol. The molecule has 0 heterocycles. The van der Waals surface area contributed by atoms with Crippen LogP contribution in [0.15, 0.2) is 24.3 Å². The van der Waals surface area contributed by atoms with Crippen LogP contribution in [0.2, 0.25) is 0 Å². The minimum absolute atomic E-state index is 0.0861. The van der Waals surface area contributed by atoms with Gasteiger partial charge in [0.2, 0.25) is 5.91 Å². The van der Waals surface area contributed by atoms with Crippen LogP contribution in [0.4, 0.5) is 5.69 Å². The van der Waals surface area contributed by atoms with Gasteiger partial charge in [0.15, 0.2) is 0 Å². The summed E-state index contributed by atoms with van der Waals surface area (Å²) in [6.07, 6.45) is 0. The Labute approximate surface area is 108 Å². The first-order chi connectivity index (χ1) is 8.04. The van der Waals surface area contributed by atoms with Crippen LogP contribution in [0.5, 0.6) is 5.75 Å². The van der Waals surface area contributed by atoms with Crippen LogP contribution in [-0.4, -0.2) is 17.8 Å². The topological polar surface area (TPSA) is 38.3 Å². The van der Waals surface area contributed by atoms with Crippen molar-refractivity contribution in [1.82, 2.24) is 0 Å². The first-order valence-corrected chi connectivity index (χ1v) is 6.28. The number of nitrogens with one attached hydrogen (secondary N) is 1. The lowest BCUT2D eigenvalue weighted by Gasteiger charge is -2.15. The second-order valence-corrected chi connectivity index (χ2v) is 4.70. The molecule has 0 fully saturated rings. The molecule has 3 nitrogen and oxygen atoms in total. The third kappa shape index (κ3) is 4.30. The van der Waals surface area contributed by atoms with Gasteiger partial charge in [0, 0.05) is 11.8 Å². The van der Waals surface area contributed by atoms with Crippen LogP contribution < -0.4 is 10.1 Å². The SMILES string of the molecule is CCOc1cccc(NC(=O)C(S)C(C)C)c1. The standard InChI is InChI=1S/C13H19NO2S/c1-4-16-11-7-5-6-10(8-11)14-13(15)12(17)9(2)3/h5-9,12,17H,4H2,1-3H3,(H,14,15). The minimum Gasteiger partial charge on any atom is -0.494 e. The van der Waals surface area contributed by atoms with Crippen molar-refractivity contribution in [3.05, 3.63) is 24.3 Å². The van der Waals surface area contributed by atoms with E-state index >= 15 is 0 Å². The largest absolute Gasteiger partial charge is 0.494 e. The van der Waals surface area contributed by atoms with Crippen molar-refractivity contribution >= 4 is 24.2 Å². The van der Waals surface area contributed by atoms with Crippen molar-refractivity contribution in [3.63, 3.8) is 0 Å². The fourth-order valence-electron chi connectivity index (χ4n) is 1.35. The number of amides is 1. The highest BCUT2D eigenvalue weighted by molar-refractivity contribution is 7.81. The van der Waals surface area contributed by atoms with Gasteiger partial charge in [0.1, 0.15) is 5.75 Å². The zero-order chi connectivity index (χ0) is 12.8. The first kappa shape index (κ1) is 13.9. The lowest BCUT2D eigenvalue weighted by Crippen LogP contribution is -2.27. The molecule has 0 aliphatic carbocycles. The Balaban J connectivity index is 2.68. The van der Waals surface area contributed by atoms with Crippen LogP contribution in [0, 0.1) is 5.92 Å². The Bertz CT molecular complexity index is 379. The first-order valence-electron chi connectivity index (χ1n) is 5.76. The van der Waals surface area contributed by atoms with E-state index in [1.165, 1.54) is 0 Å². The van der Waals surface area contributed by atoms with Gasteiger partial charge in [-0.15, -0.1) is 0 Å². The van der Waals surface area contributed by atoms with E-state index in [0.717, 1.165) is 11.4 Å². The summed E-state index contributed by atoms with van der Waals surface area (Å²) < 4.78 is 5.37. The molecule has 1 N–H and O–H groups in total. The number of carbonyl (C=O) groups excluding carboxylic acids is 1. The van der Waals surface area contributed by atoms with Crippen LogP contribution in [-0.2, 0) is 4.79 Å². The molecule has 94 valence electrons. The second kappa shape index (κ2) is 6.55. The lowest BCUT2D eigenvalue weighted by atomic mass is 10.1. The summed E-state index contributed by atoms with van der Waals surface area (Å²) in [6, 6.07) is 7.35. The summed E-state index contributed by atoms with van der Waals surface area (Å²) in [5.41, 5.74) is 0.737. The maximum Gasteiger partial charge on any atom is 0.237 e. The molecule has 1 atom stereocenters. The summed E-state index contributed by atoms with van der Waals surface area (Å²) in [4.78, 5) is 11.8. The molecule has 17 heavy (non-hydrogen) atoms. The molecule has 0 aliphatic heterocycles. The van der Waals surface area contributed by atoms with E-state index < -0.39 is 0 Å². The zero-order valence-electron chi connectivity index (χ0n) is 10.4. The number of hydrogen-bond donors (Lipinski definition) is 2. The van der Waals surface area contributed by atoms with E-state index in [2.05, 4.69) is 17.9 Å². The van der Waals surface area contributed by atoms with Crippen molar-refractivity contribution in [3.8, 4) is 5.75 Å². The highest BCUT2D eigenvalue weighted by atomic mass is 32.1. The van der Waals surface area contributed by atoms with Gasteiger partial charge in [-0.2, -0.15) is 12.6 Å². The molecule has 0 radical (unpaired) electrons. The number of ether oxygens (including phenoxy) is 1. The Hall–Kier alpha value is -1.16. The smallest absolute Gasteiger partial charge is 0.237 e. The molecular formula is C13H19NO2S. The molecule has 0 spiro atoms. The quantitative estimate of drug-likeness (QED) is 0.792. The molecule has 1 rings (SSSR count). The average Bonchev–Trinajstić information content (AvgIpc) is 2.28. The Morgan fingerprint density at radius 3 is 2.76 bits per heavy atom.